The van der Waals surface area contributed by atoms with Crippen LogP contribution in [0.1, 0.15) is 0 Å². The summed E-state index contributed by atoms with van der Waals surface area (Å²) in [5.41, 5.74) is 0. The first kappa shape index (κ1) is 6.95. The van der Waals surface area contributed by atoms with Gasteiger partial charge in [-0.05, 0) is 0 Å². The van der Waals surface area contributed by atoms with E-state index in [1.54, 1.807) is 0 Å². The summed E-state index contributed by atoms with van der Waals surface area (Å²) in [6.07, 6.45) is 0. The normalized spacial score (nSPS) is 7.62. The van der Waals surface area contributed by atoms with Gasteiger partial charge in [0.15, 0.2) is 0 Å². The first-order chi connectivity index (χ1) is 3.39. The summed E-state index contributed by atoms with van der Waals surface area (Å²) in [5.74, 6) is 0. The van der Waals surface area contributed by atoms with E-state index in [9.17, 15) is 0 Å². The number of rotatable bonds is 0. The second-order valence-electron chi connectivity index (χ2n) is 1.21. The van der Waals surface area contributed by atoms with Crippen LogP contribution < -0.4 is 0 Å². The molecular weight excluding hydrogens is 466 g/mol. The molecule has 0 N–H and O–H groups in total. The van der Waals surface area contributed by atoms with Crippen LogP contribution in [0.3, 0.4) is 0 Å². The van der Waals surface area contributed by atoms with E-state index in [1.165, 1.54) is 3.57 Å². The molecule has 0 unspecified atom stereocenters. The van der Waals surface area contributed by atoms with E-state index in [-0.39, 0.29) is 0 Å². The molecule has 0 radical (unpaired) electrons. The molecule has 1 aromatic rings. The molecule has 0 nitrogen and oxygen atoms in total. The molecule has 0 aliphatic heterocycles. The molecule has 0 heterocycles. The van der Waals surface area contributed by atoms with Gasteiger partial charge in [0, 0.05) is 0 Å². The molecule has 0 spiro atoms. The molecule has 0 amide bonds. The van der Waals surface area contributed by atoms with Crippen molar-refractivity contribution in [2.75, 3.05) is 0 Å². The average Bonchev–Trinajstić information content (AvgIpc) is 1.69. The standard InChI is InChI=1S/C6H4I.Rf/c7-6-4-2-1-3-5-6;/h1-4H;/q-1;. The second-order valence-corrected chi connectivity index (χ2v) is 2.37. The molecule has 0 saturated carbocycles. The van der Waals surface area contributed by atoms with Crippen molar-refractivity contribution < 1.29 is 0 Å². The van der Waals surface area contributed by atoms with E-state index in [0.717, 1.165) is 0 Å². The van der Waals surface area contributed by atoms with Crippen LogP contribution in [-0.2, 0) is 0 Å². The van der Waals surface area contributed by atoms with Crippen LogP contribution in [0.15, 0.2) is 24.3 Å². The first-order valence-electron chi connectivity index (χ1n) is 2.02. The molecule has 0 saturated heterocycles. The Labute approximate surface area is 56.7 Å². The Morgan fingerprint density at radius 3 is 2.38 bits per heavy atom. The van der Waals surface area contributed by atoms with Crippen LogP contribution in [0.25, 0.3) is 0 Å². The van der Waals surface area contributed by atoms with Crippen molar-refractivity contribution >= 4 is 22.6 Å². The molecule has 0 aromatic heterocycles. The maximum atomic E-state index is 3.02. The van der Waals surface area contributed by atoms with Gasteiger partial charge < -0.3 is 0 Å². The van der Waals surface area contributed by atoms with Crippen molar-refractivity contribution in [1.29, 1.82) is 0 Å². The van der Waals surface area contributed by atoms with Crippen LogP contribution in [0.5, 0.6) is 0 Å². The van der Waals surface area contributed by atoms with Crippen LogP contribution in [0.2, 0.25) is 0 Å². The first-order valence-corrected chi connectivity index (χ1v) is 3.10. The minimum absolute atomic E-state index is 0. The van der Waals surface area contributed by atoms with Gasteiger partial charge in [-0.2, -0.15) is 30.3 Å². The van der Waals surface area contributed by atoms with Crippen molar-refractivity contribution in [3.05, 3.63) is 33.9 Å². The molecule has 8 heavy (non-hydrogen) atoms. The fourth-order valence-corrected chi connectivity index (χ4v) is 0.759. The van der Waals surface area contributed by atoms with Gasteiger partial charge in [-0.15, -0.1) is 3.57 Å². The summed E-state index contributed by atoms with van der Waals surface area (Å²) in [5, 5.41) is 0. The number of hydrogen-bond acceptors (Lipinski definition) is 0. The van der Waals surface area contributed by atoms with Crippen molar-refractivity contribution in [1.82, 2.24) is 0 Å². The fraction of sp³-hybridized carbons (Fsp3) is 0. The molecule has 1 rings (SSSR count). The Hall–Kier alpha value is -1.05. The third-order valence-electron chi connectivity index (χ3n) is 0.671. The maximum Gasteiger partial charge on any atom is 0 e. The van der Waals surface area contributed by atoms with Crippen LogP contribution >= 0.6 is 22.6 Å². The van der Waals surface area contributed by atoms with Crippen molar-refractivity contribution in [3.8, 4) is 0 Å². The van der Waals surface area contributed by atoms with Crippen LogP contribution in [0.4, 0.5) is 0 Å². The Morgan fingerprint density at radius 1 is 1.38 bits per heavy atom. The minimum atomic E-state index is 0. The molecule has 38 valence electrons. The summed E-state index contributed by atoms with van der Waals surface area (Å²) in [6.45, 7) is 0. The van der Waals surface area contributed by atoms with Gasteiger partial charge in [0.05, 0.1) is 0 Å². The van der Waals surface area contributed by atoms with E-state index < -0.39 is 0 Å². The van der Waals surface area contributed by atoms with E-state index in [4.69, 9.17) is 0 Å². The van der Waals surface area contributed by atoms with Gasteiger partial charge in [0.25, 0.3) is 0 Å². The summed E-state index contributed by atoms with van der Waals surface area (Å²) in [4.78, 5) is 0. The third kappa shape index (κ3) is 1.60. The van der Waals surface area contributed by atoms with E-state index in [2.05, 4.69) is 28.7 Å². The summed E-state index contributed by atoms with van der Waals surface area (Å²) in [6, 6.07) is 10.9. The van der Waals surface area contributed by atoms with Crippen molar-refractivity contribution in [3.63, 3.8) is 0 Å². The molecular formula is C6H4IRf-. The average molecular weight is 470 g/mol. The predicted octanol–water partition coefficient (Wildman–Crippen LogP) is 2.09. The molecule has 0 aliphatic rings. The molecule has 1 aromatic carbocycles. The Kier molecular flexibility index (Phi) is 2.62. The number of hydrogen-bond donors (Lipinski definition) is 0. The second kappa shape index (κ2) is 3.02. The number of halogens is 1. The molecule has 0 fully saturated rings. The zero-order chi connectivity index (χ0) is 5.11. The van der Waals surface area contributed by atoms with Gasteiger partial charge >= 0.3 is 0 Å². The smallest absolute Gasteiger partial charge is 0 e. The Balaban J connectivity index is 0.000000490. The van der Waals surface area contributed by atoms with Gasteiger partial charge in [0.2, 0.25) is 0 Å². The fourth-order valence-electron chi connectivity index (χ4n) is 0.371. The van der Waals surface area contributed by atoms with Crippen molar-refractivity contribution in [2.45, 2.75) is 0 Å². The quantitative estimate of drug-likeness (QED) is 0.403. The van der Waals surface area contributed by atoms with Crippen LogP contribution in [-0.4, -0.2) is 0 Å². The van der Waals surface area contributed by atoms with Gasteiger partial charge in [-0.3, -0.25) is 0 Å². The zero-order valence-corrected chi connectivity index (χ0v) is 13.0. The van der Waals surface area contributed by atoms with Gasteiger partial charge in [-0.25, -0.2) is 0 Å². The topological polar surface area (TPSA) is 0 Å². The van der Waals surface area contributed by atoms with Crippen molar-refractivity contribution in [2.24, 2.45) is 0 Å². The summed E-state index contributed by atoms with van der Waals surface area (Å²) >= 11 is 2.22. The molecule has 0 bridgehead atoms. The van der Waals surface area contributed by atoms with Crippen LogP contribution in [0, 0.1) is 9.64 Å². The maximum absolute atomic E-state index is 3.02. The van der Waals surface area contributed by atoms with E-state index >= 15 is 0 Å². The van der Waals surface area contributed by atoms with Gasteiger partial charge in [0.1, 0.15) is 0 Å². The molecule has 0 aliphatic carbocycles. The monoisotopic (exact) mass is 470 g/mol. The Morgan fingerprint density at radius 2 is 2.12 bits per heavy atom. The Bertz CT molecular complexity index is 138. The number of benzene rings is 1. The van der Waals surface area contributed by atoms with Gasteiger partial charge in [-0.1, -0.05) is 22.6 Å². The zero-order valence-electron chi connectivity index (χ0n) is 4.39. The third-order valence-corrected chi connectivity index (χ3v) is 1.34. The molecule has 2 heteroatoms. The summed E-state index contributed by atoms with van der Waals surface area (Å²) in [7, 11) is 0. The summed E-state index contributed by atoms with van der Waals surface area (Å²) < 4.78 is 1.17. The molecule has 0 atom stereocenters. The predicted molar refractivity (Wildman–Crippen MR) is 38.0 cm³/mol. The van der Waals surface area contributed by atoms with E-state index in [1.807, 2.05) is 24.3 Å². The minimum Gasteiger partial charge on any atom is -0.176 e. The largest absolute Gasteiger partial charge is 0.176 e. The van der Waals surface area contributed by atoms with E-state index in [0.29, 0.717) is 0 Å². The SMILES string of the molecule is Ic1[c-]cccc1.[Rf].